The highest BCUT2D eigenvalue weighted by Gasteiger charge is 2.14. The van der Waals surface area contributed by atoms with Gasteiger partial charge in [-0.15, -0.1) is 0 Å². The Morgan fingerprint density at radius 2 is 1.70 bits per heavy atom. The van der Waals surface area contributed by atoms with Gasteiger partial charge in [0.25, 0.3) is 0 Å². The molecule has 4 aromatic rings. The highest BCUT2D eigenvalue weighted by Crippen LogP contribution is 2.34. The summed E-state index contributed by atoms with van der Waals surface area (Å²) in [7, 11) is 3.34. The molecule has 2 aromatic heterocycles. The Hall–Kier alpha value is -3.61. The van der Waals surface area contributed by atoms with Crippen molar-refractivity contribution < 1.29 is 9.47 Å². The van der Waals surface area contributed by atoms with Crippen molar-refractivity contribution in [2.75, 3.05) is 25.7 Å². The molecule has 2 heterocycles. The van der Waals surface area contributed by atoms with Gasteiger partial charge in [-0.1, -0.05) is 13.3 Å². The van der Waals surface area contributed by atoms with Crippen molar-refractivity contribution in [2.45, 2.75) is 39.7 Å². The third-order valence-electron chi connectivity index (χ3n) is 5.65. The molecular weight excluding hydrogens is 414 g/mol. The SMILES string of the molecule is CCCCN(c1cc(OC)cc(OC)c1)c1ccc2ncc(-c3cnn(C(C)C)c3)nc2c1. The molecule has 172 valence electrons. The van der Waals surface area contributed by atoms with Crippen LogP contribution in [0.2, 0.25) is 0 Å². The Kier molecular flexibility index (Phi) is 6.77. The van der Waals surface area contributed by atoms with Crippen molar-refractivity contribution >= 4 is 22.4 Å². The van der Waals surface area contributed by atoms with Crippen molar-refractivity contribution in [1.82, 2.24) is 19.7 Å². The van der Waals surface area contributed by atoms with Crippen LogP contribution in [0.5, 0.6) is 11.5 Å². The van der Waals surface area contributed by atoms with E-state index in [0.29, 0.717) is 6.04 Å². The van der Waals surface area contributed by atoms with Gasteiger partial charge < -0.3 is 14.4 Å². The Balaban J connectivity index is 1.76. The predicted octanol–water partition coefficient (Wildman–Crippen LogP) is 6.03. The van der Waals surface area contributed by atoms with Crippen LogP contribution in [0, 0.1) is 0 Å². The highest BCUT2D eigenvalue weighted by atomic mass is 16.5. The van der Waals surface area contributed by atoms with Crippen molar-refractivity contribution in [3.8, 4) is 22.8 Å². The molecule has 0 fully saturated rings. The van der Waals surface area contributed by atoms with Gasteiger partial charge in [0.1, 0.15) is 11.5 Å². The van der Waals surface area contributed by atoms with E-state index in [0.717, 1.165) is 64.6 Å². The fraction of sp³-hybridized carbons (Fsp3) is 0.346. The smallest absolute Gasteiger partial charge is 0.124 e. The molecule has 33 heavy (non-hydrogen) atoms. The third-order valence-corrected chi connectivity index (χ3v) is 5.65. The van der Waals surface area contributed by atoms with Gasteiger partial charge in [-0.3, -0.25) is 9.67 Å². The first-order valence-corrected chi connectivity index (χ1v) is 11.3. The fourth-order valence-corrected chi connectivity index (χ4v) is 3.73. The molecule has 2 aromatic carbocycles. The molecule has 0 N–H and O–H groups in total. The van der Waals surface area contributed by atoms with Crippen LogP contribution >= 0.6 is 0 Å². The van der Waals surface area contributed by atoms with Crippen LogP contribution in [-0.2, 0) is 0 Å². The first kappa shape index (κ1) is 22.6. The van der Waals surface area contributed by atoms with E-state index in [1.54, 1.807) is 14.2 Å². The van der Waals surface area contributed by atoms with E-state index >= 15 is 0 Å². The molecule has 0 atom stereocenters. The molecule has 0 unspecified atom stereocenters. The number of nitrogens with zero attached hydrogens (tertiary/aromatic N) is 5. The summed E-state index contributed by atoms with van der Waals surface area (Å²) in [6, 6.07) is 12.5. The maximum atomic E-state index is 5.50. The minimum Gasteiger partial charge on any atom is -0.497 e. The van der Waals surface area contributed by atoms with Crippen molar-refractivity contribution in [3.63, 3.8) is 0 Å². The second kappa shape index (κ2) is 9.90. The number of methoxy groups -OCH3 is 2. The second-order valence-corrected chi connectivity index (χ2v) is 8.31. The molecule has 7 nitrogen and oxygen atoms in total. The summed E-state index contributed by atoms with van der Waals surface area (Å²) in [6.07, 6.45) is 7.81. The van der Waals surface area contributed by atoms with Gasteiger partial charge in [-0.2, -0.15) is 5.10 Å². The lowest BCUT2D eigenvalue weighted by molar-refractivity contribution is 0.394. The molecule has 7 heteroatoms. The summed E-state index contributed by atoms with van der Waals surface area (Å²) in [5.41, 5.74) is 5.55. The van der Waals surface area contributed by atoms with Crippen LogP contribution in [-0.4, -0.2) is 40.5 Å². The van der Waals surface area contributed by atoms with Gasteiger partial charge in [-0.05, 0) is 38.5 Å². The van der Waals surface area contributed by atoms with Crippen LogP contribution in [0.15, 0.2) is 55.0 Å². The van der Waals surface area contributed by atoms with Gasteiger partial charge in [-0.25, -0.2) is 4.98 Å². The zero-order chi connectivity index (χ0) is 23.4. The van der Waals surface area contributed by atoms with E-state index in [2.05, 4.69) is 47.9 Å². The Labute approximate surface area is 195 Å². The predicted molar refractivity (Wildman–Crippen MR) is 133 cm³/mol. The maximum Gasteiger partial charge on any atom is 0.124 e. The standard InChI is InChI=1S/C26H31N5O2/c1-6-7-10-30(21-11-22(32-4)14-23(12-21)33-5)20-8-9-24-25(13-20)29-26(16-27-24)19-15-28-31(17-19)18(2)3/h8-9,11-18H,6-7,10H2,1-5H3. The van der Waals surface area contributed by atoms with E-state index in [4.69, 9.17) is 14.5 Å². The molecule has 0 aliphatic rings. The van der Waals surface area contributed by atoms with Crippen molar-refractivity contribution in [2.24, 2.45) is 0 Å². The highest BCUT2D eigenvalue weighted by molar-refractivity contribution is 5.82. The number of benzene rings is 2. The number of ether oxygens (including phenoxy) is 2. The molecule has 0 saturated carbocycles. The minimum absolute atomic E-state index is 0.297. The maximum absolute atomic E-state index is 5.50. The number of rotatable bonds is 9. The number of hydrogen-bond acceptors (Lipinski definition) is 6. The Morgan fingerprint density at radius 3 is 2.33 bits per heavy atom. The van der Waals surface area contributed by atoms with E-state index in [-0.39, 0.29) is 0 Å². The largest absolute Gasteiger partial charge is 0.497 e. The van der Waals surface area contributed by atoms with Gasteiger partial charge in [0.05, 0.1) is 43.3 Å². The van der Waals surface area contributed by atoms with Crippen LogP contribution in [0.25, 0.3) is 22.3 Å². The summed E-state index contributed by atoms with van der Waals surface area (Å²) in [5.74, 6) is 1.52. The fourth-order valence-electron chi connectivity index (χ4n) is 3.73. The van der Waals surface area contributed by atoms with Crippen LogP contribution in [0.1, 0.15) is 39.7 Å². The molecule has 0 saturated heterocycles. The molecule has 0 spiro atoms. The topological polar surface area (TPSA) is 65.3 Å². The minimum atomic E-state index is 0.297. The van der Waals surface area contributed by atoms with Gasteiger partial charge in [0, 0.05) is 53.9 Å². The van der Waals surface area contributed by atoms with Gasteiger partial charge in [0.2, 0.25) is 0 Å². The molecule has 0 aliphatic carbocycles. The molecule has 0 radical (unpaired) electrons. The Morgan fingerprint density at radius 1 is 0.939 bits per heavy atom. The normalized spacial score (nSPS) is 11.2. The average Bonchev–Trinajstić information content (AvgIpc) is 3.34. The first-order chi connectivity index (χ1) is 16.0. The molecule has 4 rings (SSSR count). The zero-order valence-corrected chi connectivity index (χ0v) is 19.9. The van der Waals surface area contributed by atoms with Crippen LogP contribution in [0.4, 0.5) is 11.4 Å². The summed E-state index contributed by atoms with van der Waals surface area (Å²) >= 11 is 0. The van der Waals surface area contributed by atoms with Crippen molar-refractivity contribution in [1.29, 1.82) is 0 Å². The number of fused-ring (bicyclic) bond motifs is 1. The van der Waals surface area contributed by atoms with Gasteiger partial charge in [0.15, 0.2) is 0 Å². The molecular formula is C26H31N5O2. The summed E-state index contributed by atoms with van der Waals surface area (Å²) in [5, 5.41) is 4.44. The summed E-state index contributed by atoms with van der Waals surface area (Å²) < 4.78 is 12.9. The number of hydrogen-bond donors (Lipinski definition) is 0. The van der Waals surface area contributed by atoms with E-state index in [1.807, 2.05) is 47.5 Å². The van der Waals surface area contributed by atoms with Crippen LogP contribution in [0.3, 0.4) is 0 Å². The van der Waals surface area contributed by atoms with E-state index < -0.39 is 0 Å². The lowest BCUT2D eigenvalue weighted by Gasteiger charge is -2.26. The average molecular weight is 446 g/mol. The van der Waals surface area contributed by atoms with E-state index in [1.165, 1.54) is 0 Å². The quantitative estimate of drug-likeness (QED) is 0.313. The monoisotopic (exact) mass is 445 g/mol. The van der Waals surface area contributed by atoms with Crippen LogP contribution < -0.4 is 14.4 Å². The molecule has 0 bridgehead atoms. The Bertz CT molecular complexity index is 1210. The van der Waals surface area contributed by atoms with Gasteiger partial charge >= 0.3 is 0 Å². The molecule has 0 aliphatic heterocycles. The van der Waals surface area contributed by atoms with Crippen molar-refractivity contribution in [3.05, 3.63) is 55.0 Å². The number of unbranched alkanes of at least 4 members (excludes halogenated alkanes) is 1. The summed E-state index contributed by atoms with van der Waals surface area (Å²) in [4.78, 5) is 11.8. The number of aromatic nitrogens is 4. The summed E-state index contributed by atoms with van der Waals surface area (Å²) in [6.45, 7) is 7.27. The second-order valence-electron chi connectivity index (χ2n) is 8.31. The first-order valence-electron chi connectivity index (χ1n) is 11.3. The lowest BCUT2D eigenvalue weighted by Crippen LogP contribution is -2.18. The molecule has 0 amide bonds. The zero-order valence-electron chi connectivity index (χ0n) is 19.9. The third kappa shape index (κ3) is 4.92. The lowest BCUT2D eigenvalue weighted by atomic mass is 10.1. The van der Waals surface area contributed by atoms with E-state index in [9.17, 15) is 0 Å². The number of anilines is 2.